The van der Waals surface area contributed by atoms with Crippen LogP contribution in [0, 0.1) is 11.8 Å². The molecule has 4 aromatic rings. The van der Waals surface area contributed by atoms with E-state index in [0.29, 0.717) is 5.92 Å². The molecule has 2 heteroatoms. The van der Waals surface area contributed by atoms with E-state index in [-0.39, 0.29) is 5.78 Å². The summed E-state index contributed by atoms with van der Waals surface area (Å²) in [7, 11) is 0. The zero-order chi connectivity index (χ0) is 27.2. The molecule has 0 spiro atoms. The van der Waals surface area contributed by atoms with Crippen LogP contribution in [0.5, 0.6) is 0 Å². The molecule has 0 radical (unpaired) electrons. The zero-order valence-electron chi connectivity index (χ0n) is 23.6. The van der Waals surface area contributed by atoms with E-state index in [9.17, 15) is 4.79 Å². The normalized spacial score (nSPS) is 12.4. The third-order valence-corrected chi connectivity index (χ3v) is 8.41. The van der Waals surface area contributed by atoms with Crippen molar-refractivity contribution in [2.45, 2.75) is 72.1 Å². The van der Waals surface area contributed by atoms with Gasteiger partial charge in [0.05, 0.1) is 0 Å². The molecule has 1 nitrogen and oxygen atoms in total. The highest BCUT2D eigenvalue weighted by Gasteiger charge is 2.16. The fraction of sp³-hybridized carbons (Fsp3) is 0.361. The molecule has 4 rings (SSSR count). The second-order valence-electron chi connectivity index (χ2n) is 10.6. The van der Waals surface area contributed by atoms with Crippen LogP contribution < -0.4 is 0 Å². The Morgan fingerprint density at radius 2 is 1.32 bits per heavy atom. The maximum atomic E-state index is 11.4. The van der Waals surface area contributed by atoms with Crippen LogP contribution in [-0.2, 0) is 12.8 Å². The van der Waals surface area contributed by atoms with Crippen molar-refractivity contribution in [3.63, 3.8) is 0 Å². The lowest BCUT2D eigenvalue weighted by Crippen LogP contribution is -2.07. The van der Waals surface area contributed by atoms with Crippen LogP contribution in [0.4, 0.5) is 0 Å². The van der Waals surface area contributed by atoms with Crippen LogP contribution in [0.2, 0.25) is 0 Å². The summed E-state index contributed by atoms with van der Waals surface area (Å²) in [6.45, 7) is 8.72. The highest BCUT2D eigenvalue weighted by Crippen LogP contribution is 2.32. The molecule has 0 aliphatic rings. The van der Waals surface area contributed by atoms with Gasteiger partial charge < -0.3 is 0 Å². The summed E-state index contributed by atoms with van der Waals surface area (Å²) in [5.74, 6) is 2.34. The molecule has 0 N–H and O–H groups in total. The minimum atomic E-state index is 0.154. The van der Waals surface area contributed by atoms with Gasteiger partial charge in [0, 0.05) is 16.4 Å². The Balaban J connectivity index is 0.000000221. The molecule has 0 bridgehead atoms. The van der Waals surface area contributed by atoms with Gasteiger partial charge in [0.1, 0.15) is 0 Å². The lowest BCUT2D eigenvalue weighted by atomic mass is 9.83. The predicted molar refractivity (Wildman–Crippen MR) is 165 cm³/mol. The van der Waals surface area contributed by atoms with Gasteiger partial charge in [0.25, 0.3) is 0 Å². The Morgan fingerprint density at radius 1 is 0.711 bits per heavy atom. The third kappa shape index (κ3) is 9.72. The number of thiophene rings is 1. The third-order valence-electron chi connectivity index (χ3n) is 7.47. The van der Waals surface area contributed by atoms with Gasteiger partial charge in [-0.2, -0.15) is 0 Å². The van der Waals surface area contributed by atoms with Gasteiger partial charge in [-0.25, -0.2) is 0 Å². The average molecular weight is 525 g/mol. The SMILES string of the molecule is CC(=O)c1ccccc1CCc1cccs1.CCC(C)CC(C)CCC(c1ccccc1)c1ccccc1. The molecule has 0 amide bonds. The van der Waals surface area contributed by atoms with Crippen LogP contribution in [0.3, 0.4) is 0 Å². The number of carbonyl (C=O) groups excluding carboxylic acids is 1. The van der Waals surface area contributed by atoms with Gasteiger partial charge in [-0.05, 0) is 79.0 Å². The Labute approximate surface area is 235 Å². The Bertz CT molecular complexity index is 1140. The van der Waals surface area contributed by atoms with E-state index in [4.69, 9.17) is 0 Å². The molecule has 0 aliphatic heterocycles. The maximum Gasteiger partial charge on any atom is 0.160 e. The van der Waals surface area contributed by atoms with Crippen LogP contribution in [0.1, 0.15) is 91.2 Å². The molecule has 2 atom stereocenters. The number of hydrogen-bond donors (Lipinski definition) is 0. The van der Waals surface area contributed by atoms with Gasteiger partial charge in [0.2, 0.25) is 0 Å². The van der Waals surface area contributed by atoms with E-state index < -0.39 is 0 Å². The molecule has 200 valence electrons. The van der Waals surface area contributed by atoms with Crippen LogP contribution in [0.25, 0.3) is 0 Å². The van der Waals surface area contributed by atoms with E-state index in [1.807, 2.05) is 24.3 Å². The fourth-order valence-electron chi connectivity index (χ4n) is 5.11. The summed E-state index contributed by atoms with van der Waals surface area (Å²) < 4.78 is 0. The van der Waals surface area contributed by atoms with Crippen molar-refractivity contribution in [3.05, 3.63) is 130 Å². The van der Waals surface area contributed by atoms with Crippen molar-refractivity contribution in [1.82, 2.24) is 0 Å². The van der Waals surface area contributed by atoms with Gasteiger partial charge in [-0.1, -0.05) is 118 Å². The molecule has 3 aromatic carbocycles. The minimum Gasteiger partial charge on any atom is -0.295 e. The van der Waals surface area contributed by atoms with E-state index >= 15 is 0 Å². The van der Waals surface area contributed by atoms with Gasteiger partial charge >= 0.3 is 0 Å². The summed E-state index contributed by atoms with van der Waals surface area (Å²) in [6, 6.07) is 34.0. The first-order valence-corrected chi connectivity index (χ1v) is 15.1. The van der Waals surface area contributed by atoms with E-state index in [1.54, 1.807) is 18.3 Å². The highest BCUT2D eigenvalue weighted by atomic mass is 32.1. The van der Waals surface area contributed by atoms with Crippen LogP contribution in [0.15, 0.2) is 102 Å². The Hall–Kier alpha value is -2.97. The van der Waals surface area contributed by atoms with Crippen LogP contribution >= 0.6 is 11.3 Å². The largest absolute Gasteiger partial charge is 0.295 e. The van der Waals surface area contributed by atoms with Crippen molar-refractivity contribution < 1.29 is 4.79 Å². The molecule has 1 aromatic heterocycles. The molecule has 0 fully saturated rings. The quantitative estimate of drug-likeness (QED) is 0.168. The molecule has 1 heterocycles. The predicted octanol–water partition coefficient (Wildman–Crippen LogP) is 10.4. The number of carbonyl (C=O) groups is 1. The highest BCUT2D eigenvalue weighted by molar-refractivity contribution is 7.09. The minimum absolute atomic E-state index is 0.154. The molecule has 0 aliphatic carbocycles. The number of benzene rings is 3. The number of aryl methyl sites for hydroxylation is 2. The van der Waals surface area contributed by atoms with E-state index in [0.717, 1.165) is 35.8 Å². The zero-order valence-corrected chi connectivity index (χ0v) is 24.4. The summed E-state index contributed by atoms with van der Waals surface area (Å²) in [5, 5.41) is 2.09. The molecule has 38 heavy (non-hydrogen) atoms. The van der Waals surface area contributed by atoms with Crippen molar-refractivity contribution >= 4 is 17.1 Å². The molecular formula is C36H44OS. The summed E-state index contributed by atoms with van der Waals surface area (Å²) >= 11 is 1.77. The van der Waals surface area contributed by atoms with E-state index in [2.05, 4.69) is 98.9 Å². The Kier molecular flexibility index (Phi) is 12.5. The Morgan fingerprint density at radius 3 is 1.87 bits per heavy atom. The van der Waals surface area contributed by atoms with Crippen molar-refractivity contribution in [3.8, 4) is 0 Å². The summed E-state index contributed by atoms with van der Waals surface area (Å²) in [6.07, 6.45) is 7.15. The van der Waals surface area contributed by atoms with Gasteiger partial charge in [0.15, 0.2) is 5.78 Å². The monoisotopic (exact) mass is 524 g/mol. The second-order valence-corrected chi connectivity index (χ2v) is 11.6. The van der Waals surface area contributed by atoms with Crippen molar-refractivity contribution in [2.24, 2.45) is 11.8 Å². The first-order chi connectivity index (χ1) is 18.5. The van der Waals surface area contributed by atoms with Crippen molar-refractivity contribution in [2.75, 3.05) is 0 Å². The summed E-state index contributed by atoms with van der Waals surface area (Å²) in [5.41, 5.74) is 4.91. The molecule has 0 saturated heterocycles. The molecular weight excluding hydrogens is 480 g/mol. The van der Waals surface area contributed by atoms with Gasteiger partial charge in [-0.15, -0.1) is 11.3 Å². The number of Topliss-reactive ketones (excluding diaryl/α,β-unsaturated/α-hetero) is 1. The number of rotatable bonds is 12. The van der Waals surface area contributed by atoms with Crippen LogP contribution in [-0.4, -0.2) is 5.78 Å². The lowest BCUT2D eigenvalue weighted by Gasteiger charge is -2.22. The molecule has 0 saturated carbocycles. The van der Waals surface area contributed by atoms with Crippen molar-refractivity contribution in [1.29, 1.82) is 0 Å². The number of ketones is 1. The first kappa shape index (κ1) is 29.6. The second kappa shape index (κ2) is 16.1. The standard InChI is InChI=1S/C22H30.C14H14OS/c1-4-18(2)17-19(3)15-16-22(20-11-7-5-8-12-20)21-13-9-6-10-14-21;1-11(15)14-7-3-2-5-12(14)8-9-13-6-4-10-16-13/h5-14,18-19,22H,4,15-17H2,1-3H3;2-7,10H,8-9H2,1H3. The van der Waals surface area contributed by atoms with E-state index in [1.165, 1.54) is 41.7 Å². The first-order valence-electron chi connectivity index (χ1n) is 14.2. The molecule has 2 unspecified atom stereocenters. The van der Waals surface area contributed by atoms with Gasteiger partial charge in [-0.3, -0.25) is 4.79 Å². The smallest absolute Gasteiger partial charge is 0.160 e. The lowest BCUT2D eigenvalue weighted by molar-refractivity contribution is 0.101. The fourth-order valence-corrected chi connectivity index (χ4v) is 5.82. The topological polar surface area (TPSA) is 17.1 Å². The average Bonchev–Trinajstić information content (AvgIpc) is 3.47. The summed E-state index contributed by atoms with van der Waals surface area (Å²) in [4.78, 5) is 12.8. The number of hydrogen-bond acceptors (Lipinski definition) is 2. The maximum absolute atomic E-state index is 11.4.